The van der Waals surface area contributed by atoms with Crippen molar-refractivity contribution in [2.75, 3.05) is 0 Å². The summed E-state index contributed by atoms with van der Waals surface area (Å²) >= 11 is 0. The quantitative estimate of drug-likeness (QED) is 0.454. The van der Waals surface area contributed by atoms with Gasteiger partial charge in [-0.15, -0.1) is 0 Å². The number of fused-ring (bicyclic) bond motifs is 1. The van der Waals surface area contributed by atoms with Gasteiger partial charge in [-0.1, -0.05) is 43.3 Å². The van der Waals surface area contributed by atoms with Crippen LogP contribution in [0, 0.1) is 13.8 Å². The molecule has 0 spiro atoms. The number of phenolic OH excluding ortho intramolecular Hbond substituents is 1. The molecule has 2 N–H and O–H groups in total. The smallest absolute Gasteiger partial charge is 0.273 e. The average molecular weight is 439 g/mol. The second-order valence-corrected chi connectivity index (χ2v) is 8.63. The number of rotatable bonds is 5. The molecule has 1 aliphatic heterocycles. The van der Waals surface area contributed by atoms with Crippen LogP contribution in [-0.4, -0.2) is 31.1 Å². The largest absolute Gasteiger partial charge is 0.507 e. The van der Waals surface area contributed by atoms with Gasteiger partial charge in [0.15, 0.2) is 0 Å². The molecule has 2 aromatic heterocycles. The number of amides is 1. The molecular weight excluding hydrogens is 412 g/mol. The minimum atomic E-state index is -0.326. The van der Waals surface area contributed by atoms with Crippen LogP contribution in [0.5, 0.6) is 5.75 Å². The molecule has 4 aromatic rings. The molecule has 6 heteroatoms. The third kappa shape index (κ3) is 3.57. The van der Waals surface area contributed by atoms with E-state index in [1.165, 1.54) is 5.56 Å². The Bertz CT molecular complexity index is 1300. The molecule has 0 bridgehead atoms. The Morgan fingerprint density at radius 3 is 2.55 bits per heavy atom. The summed E-state index contributed by atoms with van der Waals surface area (Å²) in [5.74, 6) is 0.0569. The van der Waals surface area contributed by atoms with Gasteiger partial charge in [-0.05, 0) is 60.2 Å². The average Bonchev–Trinajstić information content (AvgIpc) is 3.33. The Hall–Kier alpha value is -3.93. The van der Waals surface area contributed by atoms with Gasteiger partial charge in [0, 0.05) is 30.1 Å². The SMILES string of the molecule is CCc1ccc(C2c3c(-c4c(C)cc(C)cc4O)n[nH]c3C(=O)N2Cc2cccnc2)cc1. The third-order valence-electron chi connectivity index (χ3n) is 6.34. The molecule has 5 rings (SSSR count). The van der Waals surface area contributed by atoms with Crippen LogP contribution in [0.2, 0.25) is 0 Å². The van der Waals surface area contributed by atoms with Crippen LogP contribution in [0.15, 0.2) is 60.9 Å². The first-order chi connectivity index (χ1) is 16.0. The number of nitrogens with one attached hydrogen (secondary N) is 1. The molecule has 3 heterocycles. The Morgan fingerprint density at radius 2 is 1.88 bits per heavy atom. The summed E-state index contributed by atoms with van der Waals surface area (Å²) in [6.07, 6.45) is 4.46. The second kappa shape index (κ2) is 8.20. The zero-order chi connectivity index (χ0) is 23.1. The van der Waals surface area contributed by atoms with Crippen molar-refractivity contribution in [3.63, 3.8) is 0 Å². The maximum atomic E-state index is 13.5. The zero-order valence-electron chi connectivity index (χ0n) is 19.0. The fourth-order valence-corrected chi connectivity index (χ4v) is 4.77. The van der Waals surface area contributed by atoms with Gasteiger partial charge in [0.1, 0.15) is 17.1 Å². The van der Waals surface area contributed by atoms with Gasteiger partial charge < -0.3 is 10.0 Å². The van der Waals surface area contributed by atoms with Gasteiger partial charge >= 0.3 is 0 Å². The van der Waals surface area contributed by atoms with Gasteiger partial charge in [-0.3, -0.25) is 14.9 Å². The first kappa shape index (κ1) is 20.9. The molecule has 1 atom stereocenters. The molecule has 166 valence electrons. The number of benzene rings is 2. The van der Waals surface area contributed by atoms with Crippen LogP contribution >= 0.6 is 0 Å². The summed E-state index contributed by atoms with van der Waals surface area (Å²) in [5.41, 5.74) is 7.64. The zero-order valence-corrected chi connectivity index (χ0v) is 19.0. The fourth-order valence-electron chi connectivity index (χ4n) is 4.77. The molecule has 1 amide bonds. The number of carbonyl (C=O) groups is 1. The summed E-state index contributed by atoms with van der Waals surface area (Å²) in [7, 11) is 0. The molecule has 1 unspecified atom stereocenters. The van der Waals surface area contributed by atoms with E-state index in [-0.39, 0.29) is 17.7 Å². The van der Waals surface area contributed by atoms with Crippen molar-refractivity contribution in [1.82, 2.24) is 20.1 Å². The number of H-pyrrole nitrogens is 1. The monoisotopic (exact) mass is 438 g/mol. The van der Waals surface area contributed by atoms with Gasteiger partial charge in [-0.2, -0.15) is 5.10 Å². The van der Waals surface area contributed by atoms with Crippen molar-refractivity contribution < 1.29 is 9.90 Å². The van der Waals surface area contributed by atoms with E-state index in [1.54, 1.807) is 18.5 Å². The number of hydrogen-bond acceptors (Lipinski definition) is 4. The van der Waals surface area contributed by atoms with E-state index in [1.807, 2.05) is 36.9 Å². The van der Waals surface area contributed by atoms with Crippen molar-refractivity contribution in [3.05, 3.63) is 100.0 Å². The Balaban J connectivity index is 1.68. The number of aryl methyl sites for hydroxylation is 3. The standard InChI is InChI=1S/C27H26N4O2/c1-4-18-7-9-20(10-8-18)26-23-24(22-17(3)12-16(2)13-21(22)32)29-30-25(23)27(33)31(26)15-19-6-5-11-28-14-19/h5-14,26,32H,4,15H2,1-3H3,(H,29,30). The van der Waals surface area contributed by atoms with Crippen LogP contribution < -0.4 is 0 Å². The Labute approximate surface area is 192 Å². The number of aromatic amines is 1. The predicted octanol–water partition coefficient (Wildman–Crippen LogP) is 5.10. The molecule has 0 saturated carbocycles. The lowest BCUT2D eigenvalue weighted by atomic mass is 9.92. The van der Waals surface area contributed by atoms with E-state index in [4.69, 9.17) is 0 Å². The molecule has 0 fully saturated rings. The van der Waals surface area contributed by atoms with E-state index in [0.29, 0.717) is 23.5 Å². The minimum absolute atomic E-state index is 0.110. The summed E-state index contributed by atoms with van der Waals surface area (Å²) < 4.78 is 0. The molecule has 1 aliphatic rings. The highest BCUT2D eigenvalue weighted by molar-refractivity contribution is 6.00. The lowest BCUT2D eigenvalue weighted by Crippen LogP contribution is -2.29. The number of carbonyl (C=O) groups excluding carboxylic acids is 1. The van der Waals surface area contributed by atoms with Gasteiger partial charge in [0.2, 0.25) is 0 Å². The number of aromatic hydroxyl groups is 1. The summed E-state index contributed by atoms with van der Waals surface area (Å²) in [6, 6.07) is 15.7. The molecule has 2 aromatic carbocycles. The number of hydrogen-bond donors (Lipinski definition) is 2. The molecular formula is C27H26N4O2. The van der Waals surface area contributed by atoms with E-state index < -0.39 is 0 Å². The van der Waals surface area contributed by atoms with Crippen LogP contribution in [0.4, 0.5) is 0 Å². The van der Waals surface area contributed by atoms with Crippen LogP contribution in [0.25, 0.3) is 11.3 Å². The van der Waals surface area contributed by atoms with Gasteiger partial charge in [0.25, 0.3) is 5.91 Å². The van der Waals surface area contributed by atoms with Crippen molar-refractivity contribution in [3.8, 4) is 17.0 Å². The van der Waals surface area contributed by atoms with E-state index in [0.717, 1.165) is 34.2 Å². The van der Waals surface area contributed by atoms with E-state index in [2.05, 4.69) is 46.4 Å². The summed E-state index contributed by atoms with van der Waals surface area (Å²) in [4.78, 5) is 19.6. The Morgan fingerprint density at radius 1 is 1.09 bits per heavy atom. The molecule has 0 radical (unpaired) electrons. The number of nitrogens with zero attached hydrogens (tertiary/aromatic N) is 3. The van der Waals surface area contributed by atoms with Crippen molar-refractivity contribution in [2.24, 2.45) is 0 Å². The lowest BCUT2D eigenvalue weighted by molar-refractivity contribution is 0.0730. The van der Waals surface area contributed by atoms with E-state index in [9.17, 15) is 9.90 Å². The normalized spacial score (nSPS) is 15.2. The molecule has 0 saturated heterocycles. The van der Waals surface area contributed by atoms with Gasteiger partial charge in [0.05, 0.1) is 6.04 Å². The van der Waals surface area contributed by atoms with Crippen LogP contribution in [0.3, 0.4) is 0 Å². The number of pyridine rings is 1. The maximum Gasteiger partial charge on any atom is 0.273 e. The highest BCUT2D eigenvalue weighted by Crippen LogP contribution is 2.46. The molecule has 0 aliphatic carbocycles. The number of phenols is 1. The third-order valence-corrected chi connectivity index (χ3v) is 6.34. The van der Waals surface area contributed by atoms with Gasteiger partial charge in [-0.25, -0.2) is 0 Å². The first-order valence-corrected chi connectivity index (χ1v) is 11.2. The highest BCUT2D eigenvalue weighted by atomic mass is 16.3. The fraction of sp³-hybridized carbons (Fsp3) is 0.222. The van der Waals surface area contributed by atoms with Crippen molar-refractivity contribution in [1.29, 1.82) is 0 Å². The lowest BCUT2D eigenvalue weighted by Gasteiger charge is -2.27. The molecule has 33 heavy (non-hydrogen) atoms. The van der Waals surface area contributed by atoms with Crippen LogP contribution in [0.1, 0.15) is 56.8 Å². The summed E-state index contributed by atoms with van der Waals surface area (Å²) in [5, 5.41) is 18.3. The first-order valence-electron chi connectivity index (χ1n) is 11.2. The number of aromatic nitrogens is 3. The topological polar surface area (TPSA) is 82.1 Å². The molecule has 6 nitrogen and oxygen atoms in total. The Kier molecular flexibility index (Phi) is 5.21. The predicted molar refractivity (Wildman–Crippen MR) is 127 cm³/mol. The van der Waals surface area contributed by atoms with Crippen LogP contribution in [-0.2, 0) is 13.0 Å². The van der Waals surface area contributed by atoms with E-state index >= 15 is 0 Å². The summed E-state index contributed by atoms with van der Waals surface area (Å²) in [6.45, 7) is 6.45. The van der Waals surface area contributed by atoms with Crippen molar-refractivity contribution >= 4 is 5.91 Å². The highest BCUT2D eigenvalue weighted by Gasteiger charge is 2.42. The maximum absolute atomic E-state index is 13.5. The minimum Gasteiger partial charge on any atom is -0.507 e. The second-order valence-electron chi connectivity index (χ2n) is 8.63. The van der Waals surface area contributed by atoms with Crippen molar-refractivity contribution in [2.45, 2.75) is 39.8 Å².